The lowest BCUT2D eigenvalue weighted by molar-refractivity contribution is 0.283. The summed E-state index contributed by atoms with van der Waals surface area (Å²) in [7, 11) is 1.98. The van der Waals surface area contributed by atoms with E-state index >= 15 is 0 Å². The van der Waals surface area contributed by atoms with Crippen molar-refractivity contribution in [1.29, 1.82) is 0 Å². The zero-order valence-corrected chi connectivity index (χ0v) is 15.0. The molecule has 3 aromatic rings. The number of fused-ring (bicyclic) bond motifs is 1. The predicted molar refractivity (Wildman–Crippen MR) is 95.8 cm³/mol. The molecular formula is C19H20FN3OS. The van der Waals surface area contributed by atoms with Gasteiger partial charge in [-0.05, 0) is 62.1 Å². The summed E-state index contributed by atoms with van der Waals surface area (Å²) in [5.41, 5.74) is 2.49. The van der Waals surface area contributed by atoms with Gasteiger partial charge in [0.15, 0.2) is 0 Å². The number of nitrogens with zero attached hydrogens (tertiary/aromatic N) is 3. The van der Waals surface area contributed by atoms with E-state index in [1.54, 1.807) is 23.5 Å². The van der Waals surface area contributed by atoms with Gasteiger partial charge < -0.3 is 4.42 Å². The Balaban J connectivity index is 1.42. The van der Waals surface area contributed by atoms with Crippen LogP contribution < -0.4 is 0 Å². The molecule has 2 heterocycles. The summed E-state index contributed by atoms with van der Waals surface area (Å²) >= 11 is 1.78. The monoisotopic (exact) mass is 357 g/mol. The third-order valence-electron chi connectivity index (χ3n) is 4.45. The van der Waals surface area contributed by atoms with Crippen molar-refractivity contribution >= 4 is 11.3 Å². The average Bonchev–Trinajstić information content (AvgIpc) is 3.23. The van der Waals surface area contributed by atoms with Gasteiger partial charge in [0.2, 0.25) is 5.89 Å². The van der Waals surface area contributed by atoms with E-state index < -0.39 is 0 Å². The van der Waals surface area contributed by atoms with E-state index in [4.69, 9.17) is 4.42 Å². The van der Waals surface area contributed by atoms with Gasteiger partial charge in [-0.1, -0.05) is 12.1 Å². The molecule has 0 saturated carbocycles. The number of aromatic nitrogens is 2. The highest BCUT2D eigenvalue weighted by Crippen LogP contribution is 2.35. The molecule has 0 radical (unpaired) electrons. The van der Waals surface area contributed by atoms with Crippen LogP contribution in [0.25, 0.3) is 10.8 Å². The molecular weight excluding hydrogens is 337 g/mol. The van der Waals surface area contributed by atoms with Crippen LogP contribution in [0.5, 0.6) is 0 Å². The highest BCUT2D eigenvalue weighted by atomic mass is 32.1. The van der Waals surface area contributed by atoms with Gasteiger partial charge in [-0.3, -0.25) is 4.90 Å². The van der Waals surface area contributed by atoms with Gasteiger partial charge in [-0.25, -0.2) is 4.39 Å². The van der Waals surface area contributed by atoms with Crippen LogP contribution in [0.1, 0.15) is 34.7 Å². The number of aryl methyl sites for hydroxylation is 2. The largest absolute Gasteiger partial charge is 0.419 e. The highest BCUT2D eigenvalue weighted by Gasteiger charge is 2.18. The van der Waals surface area contributed by atoms with Gasteiger partial charge in [0.05, 0.1) is 11.4 Å². The van der Waals surface area contributed by atoms with Crippen molar-refractivity contribution in [2.24, 2.45) is 0 Å². The summed E-state index contributed by atoms with van der Waals surface area (Å²) in [6.45, 7) is 1.26. The first-order valence-corrected chi connectivity index (χ1v) is 9.36. The molecule has 0 amide bonds. The highest BCUT2D eigenvalue weighted by molar-refractivity contribution is 7.15. The number of hydrogen-bond donors (Lipinski definition) is 0. The summed E-state index contributed by atoms with van der Waals surface area (Å²) in [6, 6.07) is 8.75. The maximum Gasteiger partial charge on any atom is 0.257 e. The maximum absolute atomic E-state index is 13.0. The summed E-state index contributed by atoms with van der Waals surface area (Å²) in [6.07, 6.45) is 4.87. The lowest BCUT2D eigenvalue weighted by Crippen LogP contribution is -2.17. The predicted octanol–water partition coefficient (Wildman–Crippen LogP) is 4.45. The molecule has 0 fully saturated rings. The Morgan fingerprint density at radius 3 is 2.72 bits per heavy atom. The molecule has 0 N–H and O–H groups in total. The number of rotatable bonds is 5. The number of benzene rings is 1. The minimum Gasteiger partial charge on any atom is -0.419 e. The number of thiophene rings is 1. The third-order valence-corrected chi connectivity index (χ3v) is 5.67. The van der Waals surface area contributed by atoms with Gasteiger partial charge in [0, 0.05) is 11.4 Å². The van der Waals surface area contributed by atoms with Gasteiger partial charge in [0.1, 0.15) is 5.82 Å². The van der Waals surface area contributed by atoms with E-state index in [0.717, 1.165) is 16.9 Å². The molecule has 0 atom stereocenters. The molecule has 1 aliphatic carbocycles. The fourth-order valence-electron chi connectivity index (χ4n) is 3.20. The van der Waals surface area contributed by atoms with Crippen molar-refractivity contribution in [3.63, 3.8) is 0 Å². The minimum atomic E-state index is -0.216. The van der Waals surface area contributed by atoms with E-state index in [9.17, 15) is 4.39 Å². The summed E-state index contributed by atoms with van der Waals surface area (Å²) in [5.74, 6) is 1.00. The Hall–Kier alpha value is -2.05. The Bertz CT molecular complexity index is 832. The molecule has 4 nitrogen and oxygen atoms in total. The average molecular weight is 357 g/mol. The molecule has 25 heavy (non-hydrogen) atoms. The van der Waals surface area contributed by atoms with Crippen molar-refractivity contribution in [3.8, 4) is 10.8 Å². The maximum atomic E-state index is 13.0. The molecule has 2 aromatic heterocycles. The smallest absolute Gasteiger partial charge is 0.257 e. The molecule has 1 aliphatic rings. The van der Waals surface area contributed by atoms with Crippen molar-refractivity contribution in [1.82, 2.24) is 15.1 Å². The van der Waals surface area contributed by atoms with E-state index in [1.807, 2.05) is 7.05 Å². The van der Waals surface area contributed by atoms with Crippen molar-refractivity contribution < 1.29 is 8.81 Å². The summed E-state index contributed by atoms with van der Waals surface area (Å²) in [5, 5.41) is 8.40. The first-order chi connectivity index (χ1) is 12.2. The quantitative estimate of drug-likeness (QED) is 0.677. The first-order valence-electron chi connectivity index (χ1n) is 8.55. The molecule has 0 bridgehead atoms. The fourth-order valence-corrected chi connectivity index (χ4v) is 4.38. The Labute approximate surface area is 150 Å². The van der Waals surface area contributed by atoms with Crippen LogP contribution in [0.2, 0.25) is 0 Å². The lowest BCUT2D eigenvalue weighted by Gasteiger charge is -2.14. The van der Waals surface area contributed by atoms with Crippen LogP contribution in [0.4, 0.5) is 4.39 Å². The molecule has 6 heteroatoms. The van der Waals surface area contributed by atoms with Crippen LogP contribution in [0.3, 0.4) is 0 Å². The second-order valence-electron chi connectivity index (χ2n) is 6.57. The van der Waals surface area contributed by atoms with Gasteiger partial charge in [0.25, 0.3) is 5.89 Å². The van der Waals surface area contributed by atoms with Gasteiger partial charge >= 0.3 is 0 Å². The van der Waals surface area contributed by atoms with E-state index in [1.165, 1.54) is 41.8 Å². The second kappa shape index (κ2) is 7.06. The topological polar surface area (TPSA) is 42.2 Å². The van der Waals surface area contributed by atoms with Crippen LogP contribution in [0, 0.1) is 5.82 Å². The Morgan fingerprint density at radius 1 is 1.12 bits per heavy atom. The zero-order valence-electron chi connectivity index (χ0n) is 14.2. The van der Waals surface area contributed by atoms with Crippen molar-refractivity contribution in [2.75, 3.05) is 7.05 Å². The summed E-state index contributed by atoms with van der Waals surface area (Å²) in [4.78, 5) is 4.62. The van der Waals surface area contributed by atoms with Crippen LogP contribution in [-0.4, -0.2) is 22.1 Å². The molecule has 0 unspecified atom stereocenters. The summed E-state index contributed by atoms with van der Waals surface area (Å²) < 4.78 is 18.8. The van der Waals surface area contributed by atoms with Crippen LogP contribution in [0.15, 0.2) is 34.7 Å². The number of hydrogen-bond acceptors (Lipinski definition) is 5. The molecule has 4 rings (SSSR count). The Kier molecular flexibility index (Phi) is 4.63. The fraction of sp³-hybridized carbons (Fsp3) is 0.368. The third kappa shape index (κ3) is 3.80. The van der Waals surface area contributed by atoms with Crippen LogP contribution in [-0.2, 0) is 25.9 Å². The van der Waals surface area contributed by atoms with Gasteiger partial charge in [-0.2, -0.15) is 0 Å². The van der Waals surface area contributed by atoms with E-state index in [-0.39, 0.29) is 5.82 Å². The molecule has 0 saturated heterocycles. The second-order valence-corrected chi connectivity index (χ2v) is 7.70. The van der Waals surface area contributed by atoms with Crippen molar-refractivity contribution in [3.05, 3.63) is 58.0 Å². The van der Waals surface area contributed by atoms with Gasteiger partial charge in [-0.15, -0.1) is 21.5 Å². The van der Waals surface area contributed by atoms with E-state index in [0.29, 0.717) is 24.9 Å². The molecule has 1 aromatic carbocycles. The molecule has 130 valence electrons. The standard InChI is InChI=1S/C19H20FN3OS/c1-23(11-13-6-8-15(20)9-7-13)12-18-21-22-19(24-18)17-10-14-4-2-3-5-16(14)25-17/h6-10H,2-5,11-12H2,1H3. The lowest BCUT2D eigenvalue weighted by atomic mass is 9.99. The normalized spacial score (nSPS) is 14.0. The Morgan fingerprint density at radius 2 is 1.92 bits per heavy atom. The van der Waals surface area contributed by atoms with Crippen LogP contribution >= 0.6 is 11.3 Å². The molecule has 0 aliphatic heterocycles. The SMILES string of the molecule is CN(Cc1ccc(F)cc1)Cc1nnc(-c2cc3c(s2)CCCC3)o1. The first kappa shape index (κ1) is 16.4. The molecule has 0 spiro atoms. The minimum absolute atomic E-state index is 0.216. The van der Waals surface area contributed by atoms with Crippen molar-refractivity contribution in [2.45, 2.75) is 38.8 Å². The number of halogens is 1. The zero-order chi connectivity index (χ0) is 17.2. The van der Waals surface area contributed by atoms with E-state index in [2.05, 4.69) is 21.2 Å².